The molecule has 0 spiro atoms. The average Bonchev–Trinajstić information content (AvgIpc) is 3.56. The maximum Gasteiger partial charge on any atom is 0.222 e. The first-order chi connectivity index (χ1) is 19.5. The van der Waals surface area contributed by atoms with E-state index in [0.29, 0.717) is 25.1 Å². The lowest BCUT2D eigenvalue weighted by atomic mass is 9.89. The van der Waals surface area contributed by atoms with Crippen molar-refractivity contribution in [2.75, 3.05) is 31.1 Å². The van der Waals surface area contributed by atoms with Gasteiger partial charge in [0.1, 0.15) is 5.82 Å². The van der Waals surface area contributed by atoms with Crippen LogP contribution in [0, 0.1) is 0 Å². The molecule has 0 atom stereocenters. The van der Waals surface area contributed by atoms with Crippen molar-refractivity contribution in [3.05, 3.63) is 52.6 Å². The van der Waals surface area contributed by atoms with Crippen molar-refractivity contribution in [1.29, 1.82) is 0 Å². The smallest absolute Gasteiger partial charge is 0.222 e. The maximum absolute atomic E-state index is 13.1. The normalized spacial score (nSPS) is 21.0. The number of aliphatic imine (C=N–C) groups is 2. The van der Waals surface area contributed by atoms with Gasteiger partial charge in [-0.2, -0.15) is 9.61 Å². The number of anilines is 1. The molecule has 0 unspecified atom stereocenters. The molecule has 9 nitrogen and oxygen atoms in total. The molecule has 0 radical (unpaired) electrons. The highest BCUT2D eigenvalue weighted by Gasteiger charge is 2.35. The van der Waals surface area contributed by atoms with Gasteiger partial charge in [-0.25, -0.2) is 4.98 Å². The second kappa shape index (κ2) is 9.94. The third-order valence-corrected chi connectivity index (χ3v) is 8.91. The van der Waals surface area contributed by atoms with E-state index in [1.807, 2.05) is 34.9 Å². The van der Waals surface area contributed by atoms with Crippen LogP contribution < -0.4 is 4.90 Å². The van der Waals surface area contributed by atoms with Crippen molar-refractivity contribution in [2.45, 2.75) is 71.1 Å². The lowest BCUT2D eigenvalue weighted by Crippen LogP contribution is -2.38. The summed E-state index contributed by atoms with van der Waals surface area (Å²) < 4.78 is 1.87. The number of ketones is 1. The molecule has 0 bridgehead atoms. The van der Waals surface area contributed by atoms with Gasteiger partial charge in [-0.05, 0) is 62.2 Å². The Morgan fingerprint density at radius 2 is 1.70 bits per heavy atom. The molecule has 4 aliphatic heterocycles. The maximum atomic E-state index is 13.1. The number of Topliss-reactive ketones (excluding diaryl/α,β-unsaturated/α-hetero) is 1. The topological polar surface area (TPSA) is 95.3 Å². The zero-order valence-electron chi connectivity index (χ0n) is 23.3. The zero-order chi connectivity index (χ0) is 27.4. The van der Waals surface area contributed by atoms with Crippen LogP contribution in [0.1, 0.15) is 92.7 Å². The average molecular weight is 538 g/mol. The van der Waals surface area contributed by atoms with Crippen LogP contribution in [0.15, 0.2) is 45.8 Å². The highest BCUT2D eigenvalue weighted by atomic mass is 16.2. The van der Waals surface area contributed by atoms with Gasteiger partial charge in [0.2, 0.25) is 5.91 Å². The Hall–Kier alpha value is -3.88. The molecule has 5 aliphatic rings. The summed E-state index contributed by atoms with van der Waals surface area (Å²) in [5, 5.41) is 4.76. The zero-order valence-corrected chi connectivity index (χ0v) is 23.3. The van der Waals surface area contributed by atoms with Gasteiger partial charge in [0.25, 0.3) is 0 Å². The van der Waals surface area contributed by atoms with Gasteiger partial charge in [0.05, 0.1) is 17.5 Å². The summed E-state index contributed by atoms with van der Waals surface area (Å²) in [4.78, 5) is 44.3. The molecule has 2 aromatic heterocycles. The molecule has 7 rings (SSSR count). The Morgan fingerprint density at radius 3 is 2.38 bits per heavy atom. The van der Waals surface area contributed by atoms with Crippen LogP contribution in [-0.4, -0.2) is 68.8 Å². The van der Waals surface area contributed by atoms with E-state index in [4.69, 9.17) is 20.1 Å². The molecule has 2 saturated heterocycles. The van der Waals surface area contributed by atoms with E-state index in [1.165, 1.54) is 16.9 Å². The highest BCUT2D eigenvalue weighted by Crippen LogP contribution is 2.39. The van der Waals surface area contributed by atoms with E-state index < -0.39 is 0 Å². The number of carbonyl (C=O) groups is 2. The fourth-order valence-corrected chi connectivity index (χ4v) is 6.59. The van der Waals surface area contributed by atoms with E-state index >= 15 is 0 Å². The van der Waals surface area contributed by atoms with Gasteiger partial charge in [-0.1, -0.05) is 13.0 Å². The molecule has 1 amide bonds. The number of rotatable bonds is 6. The van der Waals surface area contributed by atoms with Crippen LogP contribution in [0.2, 0.25) is 0 Å². The highest BCUT2D eigenvalue weighted by molar-refractivity contribution is 6.10. The molecule has 1 aliphatic carbocycles. The number of allylic oxidation sites excluding steroid dienone is 4. The Balaban J connectivity index is 1.25. The number of likely N-dealkylation sites (tertiary alicyclic amines) is 1. The number of carbonyl (C=O) groups excluding carboxylic acids is 2. The molecule has 0 saturated carbocycles. The molecular formula is C31H35N7O2. The standard InChI is InChI=1S/C31H35N7O2/c1-3-27(40)36-11-9-20(10-12-36)29-28(19(2)39)31(37-13-14-37)38-30(35-29)24(18-34-38)22-7-8-26(32-16-22)23-15-21-5-4-6-25(21)33-17-23/h5,16-18,20H,3-4,6-15H2,1-2H3. The molecule has 6 heterocycles. The van der Waals surface area contributed by atoms with Crippen molar-refractivity contribution in [2.24, 2.45) is 9.98 Å². The molecule has 40 heavy (non-hydrogen) atoms. The van der Waals surface area contributed by atoms with Crippen molar-refractivity contribution in [3.63, 3.8) is 0 Å². The number of fused-ring (bicyclic) bond motifs is 2. The first kappa shape index (κ1) is 25.1. The number of piperidine rings is 1. The Kier molecular flexibility index (Phi) is 6.24. The number of hydrogen-bond acceptors (Lipinski definition) is 7. The van der Waals surface area contributed by atoms with Crippen LogP contribution >= 0.6 is 0 Å². The van der Waals surface area contributed by atoms with Crippen molar-refractivity contribution >= 4 is 40.2 Å². The Bertz CT molecular complexity index is 1580. The van der Waals surface area contributed by atoms with Gasteiger partial charge < -0.3 is 9.80 Å². The number of hydrogen-bond donors (Lipinski definition) is 0. The molecule has 0 aromatic carbocycles. The van der Waals surface area contributed by atoms with Crippen molar-refractivity contribution in [3.8, 4) is 0 Å². The van der Waals surface area contributed by atoms with Crippen molar-refractivity contribution in [1.82, 2.24) is 19.5 Å². The Morgan fingerprint density at radius 1 is 0.950 bits per heavy atom. The van der Waals surface area contributed by atoms with E-state index in [-0.39, 0.29) is 17.6 Å². The summed E-state index contributed by atoms with van der Waals surface area (Å²) in [5.74, 6) is 1.20. The quantitative estimate of drug-likeness (QED) is 0.386. The van der Waals surface area contributed by atoms with Gasteiger partial charge in [0.15, 0.2) is 11.4 Å². The number of amides is 1. The monoisotopic (exact) mass is 537 g/mol. The molecule has 9 heteroatoms. The first-order valence-corrected chi connectivity index (χ1v) is 14.7. The number of aromatic nitrogens is 3. The summed E-state index contributed by atoms with van der Waals surface area (Å²) >= 11 is 0. The van der Waals surface area contributed by atoms with Crippen LogP contribution in [0.5, 0.6) is 0 Å². The van der Waals surface area contributed by atoms with Crippen molar-refractivity contribution < 1.29 is 9.59 Å². The second-order valence-corrected chi connectivity index (χ2v) is 11.4. The van der Waals surface area contributed by atoms with Crippen LogP contribution in [0.25, 0.3) is 11.2 Å². The fourth-order valence-electron chi connectivity index (χ4n) is 6.59. The van der Waals surface area contributed by atoms with E-state index in [1.54, 1.807) is 6.92 Å². The van der Waals surface area contributed by atoms with E-state index in [0.717, 1.165) is 92.0 Å². The minimum absolute atomic E-state index is 0.0190. The van der Waals surface area contributed by atoms with E-state index in [9.17, 15) is 9.59 Å². The summed E-state index contributed by atoms with van der Waals surface area (Å²) in [6.45, 7) is 6.76. The van der Waals surface area contributed by atoms with Gasteiger partial charge in [-0.15, -0.1) is 0 Å². The Labute approximate surface area is 234 Å². The lowest BCUT2D eigenvalue weighted by molar-refractivity contribution is -0.131. The predicted octanol–water partition coefficient (Wildman–Crippen LogP) is 4.89. The SMILES string of the molecule is CCC(=O)N1CCC(c2nc3c(C4=CN=C(C5=CN=C6CCC=C6C5)CC4)cnn3c(N3CC3)c2C(C)=O)CC1. The van der Waals surface area contributed by atoms with Gasteiger partial charge >= 0.3 is 0 Å². The minimum atomic E-state index is 0.0190. The molecule has 2 fully saturated rings. The van der Waals surface area contributed by atoms with E-state index in [2.05, 4.69) is 11.0 Å². The summed E-state index contributed by atoms with van der Waals surface area (Å²) in [6.07, 6.45) is 15.1. The minimum Gasteiger partial charge on any atom is -0.352 e. The van der Waals surface area contributed by atoms with Crippen LogP contribution in [-0.2, 0) is 4.79 Å². The fraction of sp³-hybridized carbons (Fsp3) is 0.484. The van der Waals surface area contributed by atoms with Gasteiger partial charge in [-0.3, -0.25) is 19.6 Å². The summed E-state index contributed by atoms with van der Waals surface area (Å²) in [6, 6.07) is 0. The predicted molar refractivity (Wildman–Crippen MR) is 156 cm³/mol. The van der Waals surface area contributed by atoms with Crippen LogP contribution in [0.4, 0.5) is 5.82 Å². The summed E-state index contributed by atoms with van der Waals surface area (Å²) in [5.41, 5.74) is 9.37. The molecular weight excluding hydrogens is 502 g/mol. The number of nitrogens with zero attached hydrogens (tertiary/aromatic N) is 7. The summed E-state index contributed by atoms with van der Waals surface area (Å²) in [7, 11) is 0. The third kappa shape index (κ3) is 4.32. The first-order valence-electron chi connectivity index (χ1n) is 14.7. The van der Waals surface area contributed by atoms with Gasteiger partial charge in [0, 0.05) is 74.3 Å². The lowest BCUT2D eigenvalue weighted by Gasteiger charge is -2.32. The third-order valence-electron chi connectivity index (χ3n) is 8.91. The largest absolute Gasteiger partial charge is 0.352 e. The molecule has 0 N–H and O–H groups in total. The van der Waals surface area contributed by atoms with Crippen LogP contribution in [0.3, 0.4) is 0 Å². The molecule has 2 aromatic rings. The molecule has 206 valence electrons. The second-order valence-electron chi connectivity index (χ2n) is 11.4.